The van der Waals surface area contributed by atoms with Crippen LogP contribution in [0.2, 0.25) is 0 Å². The summed E-state index contributed by atoms with van der Waals surface area (Å²) >= 11 is 0. The number of para-hydroxylation sites is 1. The molecular weight excluding hydrogens is 381 g/mol. The van der Waals surface area contributed by atoms with Crippen molar-refractivity contribution in [3.05, 3.63) is 63.7 Å². The summed E-state index contributed by atoms with van der Waals surface area (Å²) in [7, 11) is 0. The lowest BCUT2D eigenvalue weighted by Crippen LogP contribution is -2.32. The van der Waals surface area contributed by atoms with Gasteiger partial charge in [0.15, 0.2) is 12.4 Å². The Bertz CT molecular complexity index is 855. The Hall–Kier alpha value is -3.30. The number of nitro groups is 1. The van der Waals surface area contributed by atoms with Crippen molar-refractivity contribution in [2.24, 2.45) is 0 Å². The highest BCUT2D eigenvalue weighted by Crippen LogP contribution is 2.35. The standard InChI is InChI=1S/C18H17F3N2O5/c1-12-4-2-3-5-15(12)27-9-8-22-17(24)11-28-16-7-6-13(18(19,20)21)10-14(16)23(25)26/h2-7,10H,8-9,11H2,1H3,(H,22,24). The van der Waals surface area contributed by atoms with E-state index in [-0.39, 0.29) is 13.2 Å². The molecule has 0 saturated heterocycles. The number of carbonyl (C=O) groups excluding carboxylic acids is 1. The summed E-state index contributed by atoms with van der Waals surface area (Å²) in [4.78, 5) is 21.7. The first-order chi connectivity index (χ1) is 13.2. The number of carbonyl (C=O) groups is 1. The topological polar surface area (TPSA) is 90.7 Å². The molecule has 0 bridgehead atoms. The average Bonchev–Trinajstić information content (AvgIpc) is 2.63. The van der Waals surface area contributed by atoms with E-state index in [0.717, 1.165) is 11.6 Å². The molecule has 0 aliphatic carbocycles. The van der Waals surface area contributed by atoms with Gasteiger partial charge in [-0.25, -0.2) is 0 Å². The van der Waals surface area contributed by atoms with E-state index in [1.807, 2.05) is 25.1 Å². The van der Waals surface area contributed by atoms with Crippen molar-refractivity contribution >= 4 is 11.6 Å². The Morgan fingerprint density at radius 3 is 2.50 bits per heavy atom. The molecule has 2 rings (SSSR count). The number of halogens is 3. The van der Waals surface area contributed by atoms with Crippen LogP contribution in [0.15, 0.2) is 42.5 Å². The molecular formula is C18H17F3N2O5. The van der Waals surface area contributed by atoms with Crippen LogP contribution in [0, 0.1) is 17.0 Å². The average molecular weight is 398 g/mol. The maximum absolute atomic E-state index is 12.7. The van der Waals surface area contributed by atoms with Crippen molar-refractivity contribution in [1.82, 2.24) is 5.32 Å². The summed E-state index contributed by atoms with van der Waals surface area (Å²) in [6.45, 7) is 1.64. The predicted molar refractivity (Wildman–Crippen MR) is 93.3 cm³/mol. The highest BCUT2D eigenvalue weighted by atomic mass is 19.4. The summed E-state index contributed by atoms with van der Waals surface area (Å²) in [6.07, 6.45) is -4.72. The van der Waals surface area contributed by atoms with Crippen LogP contribution >= 0.6 is 0 Å². The van der Waals surface area contributed by atoms with E-state index in [9.17, 15) is 28.1 Å². The third-order valence-electron chi connectivity index (χ3n) is 3.62. The second kappa shape index (κ2) is 9.07. The Balaban J connectivity index is 1.85. The number of hydrogen-bond donors (Lipinski definition) is 1. The molecule has 0 spiro atoms. The number of rotatable bonds is 8. The van der Waals surface area contributed by atoms with Crippen molar-refractivity contribution in [2.75, 3.05) is 19.8 Å². The summed E-state index contributed by atoms with van der Waals surface area (Å²) in [6, 6.07) is 9.16. The van der Waals surface area contributed by atoms with Gasteiger partial charge in [-0.2, -0.15) is 13.2 Å². The molecule has 0 atom stereocenters. The molecule has 0 aromatic heterocycles. The number of benzene rings is 2. The number of alkyl halides is 3. The second-order valence-corrected chi connectivity index (χ2v) is 5.69. The predicted octanol–water partition coefficient (Wildman–Crippen LogP) is 3.50. The maximum Gasteiger partial charge on any atom is 0.416 e. The molecule has 0 fully saturated rings. The number of nitro benzene ring substituents is 1. The van der Waals surface area contributed by atoms with Crippen molar-refractivity contribution in [3.63, 3.8) is 0 Å². The third-order valence-corrected chi connectivity index (χ3v) is 3.62. The molecule has 0 saturated carbocycles. The van der Waals surface area contributed by atoms with Gasteiger partial charge in [-0.05, 0) is 30.7 Å². The van der Waals surface area contributed by atoms with E-state index < -0.39 is 40.6 Å². The number of aryl methyl sites for hydroxylation is 1. The van der Waals surface area contributed by atoms with Crippen LogP contribution in [0.25, 0.3) is 0 Å². The number of hydrogen-bond acceptors (Lipinski definition) is 5. The Morgan fingerprint density at radius 1 is 1.14 bits per heavy atom. The van der Waals surface area contributed by atoms with E-state index in [2.05, 4.69) is 5.32 Å². The van der Waals surface area contributed by atoms with Crippen LogP contribution in [-0.2, 0) is 11.0 Å². The number of amides is 1. The lowest BCUT2D eigenvalue weighted by atomic mass is 10.2. The van der Waals surface area contributed by atoms with Gasteiger partial charge >= 0.3 is 11.9 Å². The molecule has 0 radical (unpaired) electrons. The van der Waals surface area contributed by atoms with Gasteiger partial charge in [0.1, 0.15) is 12.4 Å². The summed E-state index contributed by atoms with van der Waals surface area (Å²) in [5, 5.41) is 13.4. The second-order valence-electron chi connectivity index (χ2n) is 5.69. The number of nitrogens with zero attached hydrogens (tertiary/aromatic N) is 1. The van der Waals surface area contributed by atoms with Crippen LogP contribution in [0.3, 0.4) is 0 Å². The maximum atomic E-state index is 12.7. The summed E-state index contributed by atoms with van der Waals surface area (Å²) in [5.74, 6) is -0.347. The quantitative estimate of drug-likeness (QED) is 0.418. The highest BCUT2D eigenvalue weighted by Gasteiger charge is 2.33. The van der Waals surface area contributed by atoms with E-state index in [4.69, 9.17) is 9.47 Å². The summed E-state index contributed by atoms with van der Waals surface area (Å²) < 4.78 is 48.5. The molecule has 2 aromatic carbocycles. The van der Waals surface area contributed by atoms with Gasteiger partial charge < -0.3 is 14.8 Å². The van der Waals surface area contributed by atoms with Crippen LogP contribution in [0.1, 0.15) is 11.1 Å². The van der Waals surface area contributed by atoms with Gasteiger partial charge in [-0.1, -0.05) is 18.2 Å². The van der Waals surface area contributed by atoms with Gasteiger partial charge in [-0.3, -0.25) is 14.9 Å². The third kappa shape index (κ3) is 5.86. The SMILES string of the molecule is Cc1ccccc1OCCNC(=O)COc1ccc(C(F)(F)F)cc1[N+](=O)[O-]. The molecule has 0 aliphatic rings. The largest absolute Gasteiger partial charge is 0.491 e. The van der Waals surface area contributed by atoms with Crippen LogP contribution in [0.4, 0.5) is 18.9 Å². The minimum Gasteiger partial charge on any atom is -0.491 e. The first-order valence-corrected chi connectivity index (χ1v) is 8.12. The zero-order valence-electron chi connectivity index (χ0n) is 14.8. The van der Waals surface area contributed by atoms with Gasteiger partial charge in [0, 0.05) is 6.07 Å². The monoisotopic (exact) mass is 398 g/mol. The van der Waals surface area contributed by atoms with Crippen molar-refractivity contribution in [2.45, 2.75) is 13.1 Å². The molecule has 0 aliphatic heterocycles. The smallest absolute Gasteiger partial charge is 0.416 e. The zero-order chi connectivity index (χ0) is 20.7. The van der Waals surface area contributed by atoms with Crippen molar-refractivity contribution in [1.29, 1.82) is 0 Å². The van der Waals surface area contributed by atoms with Crippen LogP contribution in [-0.4, -0.2) is 30.6 Å². The van der Waals surface area contributed by atoms with Gasteiger partial charge in [0.05, 0.1) is 17.0 Å². The van der Waals surface area contributed by atoms with E-state index in [1.54, 1.807) is 6.07 Å². The molecule has 0 heterocycles. The van der Waals surface area contributed by atoms with Gasteiger partial charge in [-0.15, -0.1) is 0 Å². The van der Waals surface area contributed by atoms with Gasteiger partial charge in [0.25, 0.3) is 5.91 Å². The Labute approximate surface area is 158 Å². The zero-order valence-corrected chi connectivity index (χ0v) is 14.8. The summed E-state index contributed by atoms with van der Waals surface area (Å²) in [5.41, 5.74) is -1.11. The van der Waals surface area contributed by atoms with Crippen LogP contribution < -0.4 is 14.8 Å². The molecule has 7 nitrogen and oxygen atoms in total. The van der Waals surface area contributed by atoms with Crippen LogP contribution in [0.5, 0.6) is 11.5 Å². The Morgan fingerprint density at radius 2 is 1.86 bits per heavy atom. The molecule has 2 aromatic rings. The van der Waals surface area contributed by atoms with Crippen molar-refractivity contribution in [3.8, 4) is 11.5 Å². The lowest BCUT2D eigenvalue weighted by molar-refractivity contribution is -0.386. The lowest BCUT2D eigenvalue weighted by Gasteiger charge is -2.11. The first-order valence-electron chi connectivity index (χ1n) is 8.12. The van der Waals surface area contributed by atoms with E-state index in [0.29, 0.717) is 17.9 Å². The first kappa shape index (κ1) is 21.0. The molecule has 1 amide bonds. The Kier molecular flexibility index (Phi) is 6.80. The molecule has 28 heavy (non-hydrogen) atoms. The van der Waals surface area contributed by atoms with Gasteiger partial charge in [0.2, 0.25) is 0 Å². The minimum absolute atomic E-state index is 0.158. The fraction of sp³-hybridized carbons (Fsp3) is 0.278. The van der Waals surface area contributed by atoms with E-state index >= 15 is 0 Å². The molecule has 10 heteroatoms. The molecule has 1 N–H and O–H groups in total. The molecule has 0 unspecified atom stereocenters. The normalized spacial score (nSPS) is 11.0. The number of nitrogens with one attached hydrogen (secondary N) is 1. The number of ether oxygens (including phenoxy) is 2. The highest BCUT2D eigenvalue weighted by molar-refractivity contribution is 5.77. The minimum atomic E-state index is -4.72. The van der Waals surface area contributed by atoms with Crippen molar-refractivity contribution < 1.29 is 32.4 Å². The fourth-order valence-corrected chi connectivity index (χ4v) is 2.22. The molecule has 150 valence electrons. The fourth-order valence-electron chi connectivity index (χ4n) is 2.22. The van der Waals surface area contributed by atoms with E-state index in [1.165, 1.54) is 0 Å².